The quantitative estimate of drug-likeness (QED) is 0.415. The Labute approximate surface area is 124 Å². The summed E-state index contributed by atoms with van der Waals surface area (Å²) in [6.07, 6.45) is 1.64. The minimum absolute atomic E-state index is 0.00704. The van der Waals surface area contributed by atoms with Crippen molar-refractivity contribution in [2.75, 3.05) is 0 Å². The van der Waals surface area contributed by atoms with Gasteiger partial charge in [-0.2, -0.15) is 0 Å². The molecular weight excluding hydrogens is 294 g/mol. The van der Waals surface area contributed by atoms with Gasteiger partial charge in [0.15, 0.2) is 5.75 Å². The van der Waals surface area contributed by atoms with Crippen LogP contribution in [0.25, 0.3) is 10.9 Å². The number of rotatable bonds is 3. The van der Waals surface area contributed by atoms with Gasteiger partial charge in [-0.3, -0.25) is 15.1 Å². The predicted molar refractivity (Wildman–Crippen MR) is 77.7 cm³/mol. The van der Waals surface area contributed by atoms with E-state index in [1.807, 2.05) is 18.2 Å². The van der Waals surface area contributed by atoms with Gasteiger partial charge in [0, 0.05) is 11.6 Å². The fraction of sp³-hybridized carbons (Fsp3) is 0. The molecule has 0 aliphatic rings. The number of benzene rings is 1. The maximum absolute atomic E-state index is 10.8. The molecule has 104 valence electrons. The second-order valence-electron chi connectivity index (χ2n) is 4.18. The Morgan fingerprint density at radius 3 is 2.81 bits per heavy atom. The van der Waals surface area contributed by atoms with Crippen LogP contribution in [-0.2, 0) is 0 Å². The first-order chi connectivity index (χ1) is 10.1. The Kier molecular flexibility index (Phi) is 3.37. The van der Waals surface area contributed by atoms with Crippen LogP contribution in [0.2, 0.25) is 5.15 Å². The lowest BCUT2D eigenvalue weighted by Crippen LogP contribution is -1.94. The van der Waals surface area contributed by atoms with E-state index in [9.17, 15) is 10.1 Å². The number of hydrogen-bond donors (Lipinski definition) is 0. The number of ether oxygens (including phenoxy) is 1. The van der Waals surface area contributed by atoms with E-state index in [0.717, 1.165) is 11.5 Å². The summed E-state index contributed by atoms with van der Waals surface area (Å²) in [4.78, 5) is 18.4. The molecule has 6 nitrogen and oxygen atoms in total. The largest absolute Gasteiger partial charge is 0.436 e. The molecule has 1 aromatic carbocycles. The summed E-state index contributed by atoms with van der Waals surface area (Å²) in [7, 11) is 0. The van der Waals surface area contributed by atoms with Gasteiger partial charge in [0.05, 0.1) is 17.1 Å². The topological polar surface area (TPSA) is 78.2 Å². The number of pyridine rings is 2. The van der Waals surface area contributed by atoms with Crippen molar-refractivity contribution in [2.45, 2.75) is 0 Å². The monoisotopic (exact) mass is 301 g/mol. The SMILES string of the molecule is O=[N+]([O-])c1cc(Cl)nc(Oc2cccc3cccnc23)c1. The highest BCUT2D eigenvalue weighted by atomic mass is 35.5. The van der Waals surface area contributed by atoms with Crippen LogP contribution < -0.4 is 4.74 Å². The van der Waals surface area contributed by atoms with Gasteiger partial charge in [-0.15, -0.1) is 0 Å². The maximum atomic E-state index is 10.8. The molecule has 0 aliphatic carbocycles. The molecule has 3 aromatic rings. The van der Waals surface area contributed by atoms with Crippen molar-refractivity contribution in [1.82, 2.24) is 9.97 Å². The first kappa shape index (κ1) is 13.3. The highest BCUT2D eigenvalue weighted by molar-refractivity contribution is 6.29. The summed E-state index contributed by atoms with van der Waals surface area (Å²) in [6.45, 7) is 0. The molecule has 0 unspecified atom stereocenters. The second-order valence-corrected chi connectivity index (χ2v) is 4.56. The summed E-state index contributed by atoms with van der Waals surface area (Å²) in [5.41, 5.74) is 0.461. The Morgan fingerprint density at radius 1 is 1.19 bits per heavy atom. The van der Waals surface area contributed by atoms with Crippen molar-refractivity contribution in [3.05, 3.63) is 63.9 Å². The first-order valence-corrected chi connectivity index (χ1v) is 6.35. The standard InChI is InChI=1S/C14H8ClN3O3/c15-12-7-10(18(19)20)8-13(17-12)21-11-5-1-3-9-4-2-6-16-14(9)11/h1-8H. The Balaban J connectivity index is 2.05. The lowest BCUT2D eigenvalue weighted by molar-refractivity contribution is -0.385. The van der Waals surface area contributed by atoms with E-state index in [2.05, 4.69) is 9.97 Å². The van der Waals surface area contributed by atoms with E-state index in [-0.39, 0.29) is 16.7 Å². The van der Waals surface area contributed by atoms with Gasteiger partial charge in [-0.1, -0.05) is 29.8 Å². The number of halogens is 1. The van der Waals surface area contributed by atoms with Gasteiger partial charge in [-0.05, 0) is 12.1 Å². The summed E-state index contributed by atoms with van der Waals surface area (Å²) < 4.78 is 5.60. The number of hydrogen-bond acceptors (Lipinski definition) is 5. The van der Waals surface area contributed by atoms with E-state index < -0.39 is 4.92 Å². The molecule has 0 fully saturated rings. The van der Waals surface area contributed by atoms with E-state index in [1.54, 1.807) is 18.3 Å². The molecule has 0 saturated carbocycles. The van der Waals surface area contributed by atoms with Gasteiger partial charge < -0.3 is 4.74 Å². The summed E-state index contributed by atoms with van der Waals surface area (Å²) >= 11 is 5.77. The fourth-order valence-electron chi connectivity index (χ4n) is 1.89. The van der Waals surface area contributed by atoms with E-state index in [1.165, 1.54) is 6.07 Å². The minimum Gasteiger partial charge on any atom is -0.436 e. The molecule has 2 aromatic heterocycles. The second kappa shape index (κ2) is 5.34. The van der Waals surface area contributed by atoms with Crippen molar-refractivity contribution in [1.29, 1.82) is 0 Å². The Morgan fingerprint density at radius 2 is 2.00 bits per heavy atom. The molecular formula is C14H8ClN3O3. The van der Waals surface area contributed by atoms with Gasteiger partial charge >= 0.3 is 0 Å². The third-order valence-corrected chi connectivity index (χ3v) is 2.97. The highest BCUT2D eigenvalue weighted by Crippen LogP contribution is 2.30. The van der Waals surface area contributed by atoms with E-state index in [4.69, 9.17) is 16.3 Å². The lowest BCUT2D eigenvalue weighted by atomic mass is 10.2. The van der Waals surface area contributed by atoms with Gasteiger partial charge in [0.1, 0.15) is 10.7 Å². The maximum Gasteiger partial charge on any atom is 0.277 e. The van der Waals surface area contributed by atoms with Crippen LogP contribution in [-0.4, -0.2) is 14.9 Å². The van der Waals surface area contributed by atoms with Crippen LogP contribution >= 0.6 is 11.6 Å². The van der Waals surface area contributed by atoms with Crippen molar-refractivity contribution in [3.63, 3.8) is 0 Å². The third kappa shape index (κ3) is 2.75. The molecule has 2 heterocycles. The molecule has 0 atom stereocenters. The number of aromatic nitrogens is 2. The van der Waals surface area contributed by atoms with Crippen LogP contribution in [0.4, 0.5) is 5.69 Å². The number of fused-ring (bicyclic) bond motifs is 1. The van der Waals surface area contributed by atoms with Crippen molar-refractivity contribution in [2.24, 2.45) is 0 Å². The van der Waals surface area contributed by atoms with E-state index in [0.29, 0.717) is 11.3 Å². The molecule has 21 heavy (non-hydrogen) atoms. The summed E-state index contributed by atoms with van der Waals surface area (Å²) in [6, 6.07) is 11.5. The average Bonchev–Trinajstić information content (AvgIpc) is 2.47. The molecule has 0 spiro atoms. The van der Waals surface area contributed by atoms with Crippen LogP contribution in [0.5, 0.6) is 11.6 Å². The molecule has 0 amide bonds. The minimum atomic E-state index is -0.554. The van der Waals surface area contributed by atoms with Crippen molar-refractivity contribution < 1.29 is 9.66 Å². The molecule has 0 N–H and O–H groups in total. The third-order valence-electron chi connectivity index (χ3n) is 2.78. The summed E-state index contributed by atoms with van der Waals surface area (Å²) in [5, 5.41) is 11.7. The fourth-order valence-corrected chi connectivity index (χ4v) is 2.08. The molecule has 0 aliphatic heterocycles. The van der Waals surface area contributed by atoms with Crippen LogP contribution in [0.15, 0.2) is 48.7 Å². The van der Waals surface area contributed by atoms with Crippen LogP contribution in [0, 0.1) is 10.1 Å². The molecule has 0 bridgehead atoms. The zero-order valence-corrected chi connectivity index (χ0v) is 11.3. The summed E-state index contributed by atoms with van der Waals surface area (Å²) in [5.74, 6) is 0.504. The van der Waals surface area contributed by atoms with Crippen molar-refractivity contribution in [3.8, 4) is 11.6 Å². The average molecular weight is 302 g/mol. The van der Waals surface area contributed by atoms with Gasteiger partial charge in [-0.25, -0.2) is 4.98 Å². The van der Waals surface area contributed by atoms with E-state index >= 15 is 0 Å². The van der Waals surface area contributed by atoms with Crippen LogP contribution in [0.3, 0.4) is 0 Å². The number of para-hydroxylation sites is 1. The lowest BCUT2D eigenvalue weighted by Gasteiger charge is -2.07. The van der Waals surface area contributed by atoms with Gasteiger partial charge in [0.25, 0.3) is 5.69 Å². The first-order valence-electron chi connectivity index (χ1n) is 5.97. The van der Waals surface area contributed by atoms with Crippen molar-refractivity contribution >= 4 is 28.2 Å². The Bertz CT molecular complexity index is 833. The zero-order valence-electron chi connectivity index (χ0n) is 10.6. The zero-order chi connectivity index (χ0) is 14.8. The molecule has 3 rings (SSSR count). The van der Waals surface area contributed by atoms with Crippen LogP contribution in [0.1, 0.15) is 0 Å². The number of nitro groups is 1. The molecule has 7 heteroatoms. The molecule has 0 radical (unpaired) electrons. The normalized spacial score (nSPS) is 10.5. The Hall–Kier alpha value is -2.73. The number of nitrogens with zero attached hydrogens (tertiary/aromatic N) is 3. The highest BCUT2D eigenvalue weighted by Gasteiger charge is 2.13. The predicted octanol–water partition coefficient (Wildman–Crippen LogP) is 3.98. The smallest absolute Gasteiger partial charge is 0.277 e. The molecule has 0 saturated heterocycles. The van der Waals surface area contributed by atoms with Gasteiger partial charge in [0.2, 0.25) is 5.88 Å².